The van der Waals surface area contributed by atoms with Crippen LogP contribution >= 0.6 is 27.3 Å². The second kappa shape index (κ2) is 7.36. The van der Waals surface area contributed by atoms with Crippen LogP contribution in [-0.2, 0) is 13.1 Å². The molecule has 1 unspecified atom stereocenters. The number of nitrogens with two attached hydrogens (primary N) is 1. The summed E-state index contributed by atoms with van der Waals surface area (Å²) in [4.78, 5) is 6.57. The van der Waals surface area contributed by atoms with Gasteiger partial charge in [-0.25, -0.2) is 4.98 Å². The number of likely N-dealkylation sites (N-methyl/N-ethyl adjacent to an activating group) is 1. The van der Waals surface area contributed by atoms with Crippen LogP contribution in [0.3, 0.4) is 0 Å². The number of aryl methyl sites for hydroxylation is 1. The maximum atomic E-state index is 6.00. The molecular formula is C14H21BrN4S. The van der Waals surface area contributed by atoms with Crippen LogP contribution in [0, 0.1) is 0 Å². The zero-order valence-corrected chi connectivity index (χ0v) is 14.3. The summed E-state index contributed by atoms with van der Waals surface area (Å²) < 4.78 is 3.37. The van der Waals surface area contributed by atoms with Gasteiger partial charge in [-0.05, 0) is 46.4 Å². The molecule has 0 bridgehead atoms. The predicted molar refractivity (Wildman–Crippen MR) is 87.8 cm³/mol. The van der Waals surface area contributed by atoms with E-state index in [0.717, 1.165) is 19.5 Å². The van der Waals surface area contributed by atoms with Gasteiger partial charge in [0.05, 0.1) is 21.8 Å². The van der Waals surface area contributed by atoms with E-state index in [1.165, 1.54) is 15.0 Å². The molecule has 2 N–H and O–H groups in total. The Hall–Kier alpha value is -0.690. The van der Waals surface area contributed by atoms with Gasteiger partial charge in [-0.2, -0.15) is 0 Å². The first-order chi connectivity index (χ1) is 9.65. The van der Waals surface area contributed by atoms with Gasteiger partial charge in [-0.15, -0.1) is 11.3 Å². The molecule has 0 spiro atoms. The minimum atomic E-state index is 0.197. The lowest BCUT2D eigenvalue weighted by Crippen LogP contribution is -2.31. The summed E-state index contributed by atoms with van der Waals surface area (Å²) in [6.07, 6.45) is 4.94. The van der Waals surface area contributed by atoms with Crippen LogP contribution in [0.15, 0.2) is 27.8 Å². The highest BCUT2D eigenvalue weighted by Crippen LogP contribution is 2.25. The van der Waals surface area contributed by atoms with Gasteiger partial charge in [0.1, 0.15) is 0 Å². The van der Waals surface area contributed by atoms with E-state index in [4.69, 9.17) is 5.73 Å². The summed E-state index contributed by atoms with van der Waals surface area (Å²) in [5, 5.41) is 2.18. The first kappa shape index (κ1) is 15.7. The Labute approximate surface area is 132 Å². The van der Waals surface area contributed by atoms with Gasteiger partial charge in [0, 0.05) is 25.8 Å². The van der Waals surface area contributed by atoms with Crippen LogP contribution in [0.5, 0.6) is 0 Å². The molecule has 2 heterocycles. The van der Waals surface area contributed by atoms with Crippen molar-refractivity contribution in [2.45, 2.75) is 32.5 Å². The average molecular weight is 357 g/mol. The van der Waals surface area contributed by atoms with Gasteiger partial charge in [-0.3, -0.25) is 4.90 Å². The average Bonchev–Trinajstić information content (AvgIpc) is 3.01. The van der Waals surface area contributed by atoms with Crippen molar-refractivity contribution in [3.63, 3.8) is 0 Å². The van der Waals surface area contributed by atoms with Crippen molar-refractivity contribution < 1.29 is 0 Å². The zero-order chi connectivity index (χ0) is 14.5. The Bertz CT molecular complexity index is 537. The highest BCUT2D eigenvalue weighted by Gasteiger charge is 2.19. The molecule has 0 aromatic carbocycles. The third kappa shape index (κ3) is 3.69. The molecule has 4 nitrogen and oxygen atoms in total. The lowest BCUT2D eigenvalue weighted by atomic mass is 10.1. The van der Waals surface area contributed by atoms with Gasteiger partial charge in [0.25, 0.3) is 0 Å². The molecule has 110 valence electrons. The first-order valence-electron chi connectivity index (χ1n) is 6.79. The Kier molecular flexibility index (Phi) is 5.77. The van der Waals surface area contributed by atoms with Crippen LogP contribution < -0.4 is 5.73 Å². The molecule has 6 heteroatoms. The normalized spacial score (nSPS) is 13.1. The first-order valence-corrected chi connectivity index (χ1v) is 8.46. The number of thiophene rings is 1. The summed E-state index contributed by atoms with van der Waals surface area (Å²) in [5.74, 6) is 0. The summed E-state index contributed by atoms with van der Waals surface area (Å²) >= 11 is 5.22. The van der Waals surface area contributed by atoms with Crippen molar-refractivity contribution in [1.29, 1.82) is 0 Å². The van der Waals surface area contributed by atoms with E-state index in [2.05, 4.69) is 55.8 Å². The molecule has 0 aliphatic heterocycles. The fourth-order valence-corrected chi connectivity index (χ4v) is 3.59. The molecule has 20 heavy (non-hydrogen) atoms. The number of hydrogen-bond acceptors (Lipinski definition) is 4. The molecule has 0 saturated heterocycles. The predicted octanol–water partition coefficient (Wildman–Crippen LogP) is 3.25. The Morgan fingerprint density at radius 2 is 2.35 bits per heavy atom. The fraction of sp³-hybridized carbons (Fsp3) is 0.500. The van der Waals surface area contributed by atoms with Crippen LogP contribution in [0.25, 0.3) is 0 Å². The topological polar surface area (TPSA) is 47.1 Å². The summed E-state index contributed by atoms with van der Waals surface area (Å²) in [7, 11) is 2.12. The number of imidazole rings is 1. The van der Waals surface area contributed by atoms with Crippen molar-refractivity contribution in [1.82, 2.24) is 14.5 Å². The second-order valence-corrected chi connectivity index (χ2v) is 7.23. The van der Waals surface area contributed by atoms with Crippen molar-refractivity contribution in [3.8, 4) is 0 Å². The van der Waals surface area contributed by atoms with Crippen molar-refractivity contribution in [2.24, 2.45) is 5.73 Å². The van der Waals surface area contributed by atoms with Gasteiger partial charge in [0.15, 0.2) is 0 Å². The SMILES string of the molecule is CCCn1cncc1C(CN)N(C)Cc1csc(Br)c1. The van der Waals surface area contributed by atoms with Gasteiger partial charge in [-0.1, -0.05) is 6.92 Å². The maximum absolute atomic E-state index is 6.00. The molecule has 0 aliphatic carbocycles. The molecule has 0 aliphatic rings. The summed E-state index contributed by atoms with van der Waals surface area (Å²) in [6.45, 7) is 4.65. The molecule has 0 amide bonds. The molecule has 2 aromatic rings. The summed E-state index contributed by atoms with van der Waals surface area (Å²) in [5.41, 5.74) is 8.51. The molecule has 0 radical (unpaired) electrons. The number of rotatable bonds is 7. The maximum Gasteiger partial charge on any atom is 0.0948 e. The van der Waals surface area contributed by atoms with E-state index in [1.807, 2.05) is 12.5 Å². The third-order valence-corrected chi connectivity index (χ3v) is 4.91. The molecule has 1 atom stereocenters. The van der Waals surface area contributed by atoms with E-state index in [0.29, 0.717) is 6.54 Å². The monoisotopic (exact) mass is 356 g/mol. The molecule has 0 saturated carbocycles. The highest BCUT2D eigenvalue weighted by atomic mass is 79.9. The van der Waals surface area contributed by atoms with E-state index in [-0.39, 0.29) is 6.04 Å². The number of aromatic nitrogens is 2. The standard InChI is InChI=1S/C14H21BrN4S/c1-3-4-19-10-17-7-13(19)12(6-16)18(2)8-11-5-14(15)20-9-11/h5,7,9-10,12H,3-4,6,8,16H2,1-2H3. The molecule has 0 fully saturated rings. The molecular weight excluding hydrogens is 336 g/mol. The smallest absolute Gasteiger partial charge is 0.0948 e. The molecule has 2 rings (SSSR count). The number of halogens is 1. The van der Waals surface area contributed by atoms with Crippen LogP contribution in [0.1, 0.15) is 30.6 Å². The van der Waals surface area contributed by atoms with Crippen LogP contribution in [0.4, 0.5) is 0 Å². The number of nitrogens with zero attached hydrogens (tertiary/aromatic N) is 3. The van der Waals surface area contributed by atoms with Crippen molar-refractivity contribution in [2.75, 3.05) is 13.6 Å². The second-order valence-electron chi connectivity index (χ2n) is 4.94. The fourth-order valence-electron chi connectivity index (χ4n) is 2.39. The minimum absolute atomic E-state index is 0.197. The van der Waals surface area contributed by atoms with E-state index < -0.39 is 0 Å². The van der Waals surface area contributed by atoms with Crippen LogP contribution in [-0.4, -0.2) is 28.0 Å². The van der Waals surface area contributed by atoms with Gasteiger partial charge in [0.2, 0.25) is 0 Å². The van der Waals surface area contributed by atoms with Gasteiger partial charge < -0.3 is 10.3 Å². The van der Waals surface area contributed by atoms with Gasteiger partial charge >= 0.3 is 0 Å². The lowest BCUT2D eigenvalue weighted by Gasteiger charge is -2.27. The minimum Gasteiger partial charge on any atom is -0.333 e. The van der Waals surface area contributed by atoms with Crippen molar-refractivity contribution in [3.05, 3.63) is 39.0 Å². The largest absolute Gasteiger partial charge is 0.333 e. The third-order valence-electron chi connectivity index (χ3n) is 3.36. The lowest BCUT2D eigenvalue weighted by molar-refractivity contribution is 0.232. The quantitative estimate of drug-likeness (QED) is 0.828. The zero-order valence-electron chi connectivity index (χ0n) is 11.9. The Balaban J connectivity index is 2.12. The summed E-state index contributed by atoms with van der Waals surface area (Å²) in [6, 6.07) is 2.36. The molecule has 2 aromatic heterocycles. The Morgan fingerprint density at radius 1 is 1.55 bits per heavy atom. The van der Waals surface area contributed by atoms with E-state index >= 15 is 0 Å². The van der Waals surface area contributed by atoms with Crippen LogP contribution in [0.2, 0.25) is 0 Å². The number of hydrogen-bond donors (Lipinski definition) is 1. The van der Waals surface area contributed by atoms with E-state index in [1.54, 1.807) is 11.3 Å². The highest BCUT2D eigenvalue weighted by molar-refractivity contribution is 9.11. The van der Waals surface area contributed by atoms with Crippen molar-refractivity contribution >= 4 is 27.3 Å². The Morgan fingerprint density at radius 3 is 2.95 bits per heavy atom. The van der Waals surface area contributed by atoms with E-state index in [9.17, 15) is 0 Å².